The molecule has 90 valence electrons. The fraction of sp³-hybridized carbons (Fsp3) is 1.00. The predicted molar refractivity (Wildman–Crippen MR) is 58.6 cm³/mol. The molecule has 0 amide bonds. The van der Waals surface area contributed by atoms with Crippen molar-refractivity contribution in [2.45, 2.75) is 63.5 Å². The number of aliphatic hydroxyl groups is 1. The SMILES string of the molecule is C[C@]12CC3(O)CC([N+](=O)[O-])(C1)C[C@@](C)(C3)C2. The van der Waals surface area contributed by atoms with Crippen LogP contribution in [0, 0.1) is 20.9 Å². The molecule has 0 radical (unpaired) electrons. The Kier molecular flexibility index (Phi) is 1.61. The lowest BCUT2D eigenvalue weighted by molar-refractivity contribution is -0.599. The fourth-order valence-corrected chi connectivity index (χ4v) is 5.76. The van der Waals surface area contributed by atoms with Gasteiger partial charge in [0.1, 0.15) is 0 Å². The van der Waals surface area contributed by atoms with Crippen LogP contribution in [0.4, 0.5) is 0 Å². The molecule has 4 bridgehead atoms. The molecule has 4 fully saturated rings. The maximum absolute atomic E-state index is 11.4. The summed E-state index contributed by atoms with van der Waals surface area (Å²) >= 11 is 0. The highest BCUT2D eigenvalue weighted by atomic mass is 16.6. The smallest absolute Gasteiger partial charge is 0.226 e. The summed E-state index contributed by atoms with van der Waals surface area (Å²) in [6, 6.07) is 0. The molecule has 1 N–H and O–H groups in total. The Bertz CT molecular complexity index is 325. The number of nitro groups is 1. The van der Waals surface area contributed by atoms with Crippen molar-refractivity contribution in [1.82, 2.24) is 0 Å². The van der Waals surface area contributed by atoms with Crippen molar-refractivity contribution >= 4 is 0 Å². The summed E-state index contributed by atoms with van der Waals surface area (Å²) < 4.78 is 0. The first-order valence-electron chi connectivity index (χ1n) is 6.06. The van der Waals surface area contributed by atoms with Crippen LogP contribution in [-0.2, 0) is 0 Å². The molecule has 2 unspecified atom stereocenters. The minimum atomic E-state index is -0.840. The van der Waals surface area contributed by atoms with E-state index in [1.54, 1.807) is 0 Å². The first-order valence-corrected chi connectivity index (χ1v) is 6.06. The van der Waals surface area contributed by atoms with Gasteiger partial charge in [0, 0.05) is 24.2 Å². The molecule has 0 aliphatic heterocycles. The van der Waals surface area contributed by atoms with Gasteiger partial charge in [-0.1, -0.05) is 13.8 Å². The van der Waals surface area contributed by atoms with E-state index in [1.807, 2.05) is 0 Å². The van der Waals surface area contributed by atoms with Crippen LogP contribution >= 0.6 is 0 Å². The van der Waals surface area contributed by atoms with Crippen molar-refractivity contribution in [1.29, 1.82) is 0 Å². The first kappa shape index (κ1) is 10.5. The van der Waals surface area contributed by atoms with E-state index in [2.05, 4.69) is 13.8 Å². The molecule has 0 aromatic carbocycles. The normalized spacial score (nSPS) is 58.9. The van der Waals surface area contributed by atoms with Crippen LogP contribution in [-0.4, -0.2) is 21.2 Å². The maximum Gasteiger partial charge on any atom is 0.226 e. The van der Waals surface area contributed by atoms with Crippen LogP contribution in [0.25, 0.3) is 0 Å². The van der Waals surface area contributed by atoms with Crippen LogP contribution in [0.3, 0.4) is 0 Å². The van der Waals surface area contributed by atoms with Gasteiger partial charge in [-0.25, -0.2) is 0 Å². The lowest BCUT2D eigenvalue weighted by Gasteiger charge is -2.64. The lowest BCUT2D eigenvalue weighted by atomic mass is 9.41. The zero-order valence-corrected chi connectivity index (χ0v) is 9.95. The Morgan fingerprint density at radius 1 is 1.00 bits per heavy atom. The van der Waals surface area contributed by atoms with Crippen molar-refractivity contribution in [3.8, 4) is 0 Å². The van der Waals surface area contributed by atoms with Crippen molar-refractivity contribution in [2.24, 2.45) is 10.8 Å². The molecule has 4 rings (SSSR count). The van der Waals surface area contributed by atoms with Crippen LogP contribution in [0.15, 0.2) is 0 Å². The van der Waals surface area contributed by atoms with E-state index in [4.69, 9.17) is 0 Å². The fourth-order valence-electron chi connectivity index (χ4n) is 5.76. The Morgan fingerprint density at radius 2 is 1.50 bits per heavy atom. The van der Waals surface area contributed by atoms with Gasteiger partial charge in [0.2, 0.25) is 5.54 Å². The molecule has 0 spiro atoms. The Balaban J connectivity index is 2.11. The van der Waals surface area contributed by atoms with E-state index in [9.17, 15) is 15.2 Å². The second-order valence-electron chi connectivity index (χ2n) is 7.39. The van der Waals surface area contributed by atoms with Crippen LogP contribution in [0.2, 0.25) is 0 Å². The van der Waals surface area contributed by atoms with Crippen molar-refractivity contribution < 1.29 is 10.0 Å². The summed E-state index contributed by atoms with van der Waals surface area (Å²) in [6.07, 6.45) is 4.24. The molecule has 4 saturated carbocycles. The molecule has 0 aromatic heterocycles. The van der Waals surface area contributed by atoms with Gasteiger partial charge < -0.3 is 5.11 Å². The summed E-state index contributed by atoms with van der Waals surface area (Å²) in [4.78, 5) is 11.3. The minimum Gasteiger partial charge on any atom is -0.390 e. The van der Waals surface area contributed by atoms with E-state index < -0.39 is 11.1 Å². The van der Waals surface area contributed by atoms with Gasteiger partial charge in [-0.05, 0) is 30.1 Å². The number of rotatable bonds is 1. The van der Waals surface area contributed by atoms with Crippen molar-refractivity contribution in [3.63, 3.8) is 0 Å². The third-order valence-electron chi connectivity index (χ3n) is 4.92. The first-order chi connectivity index (χ1) is 7.19. The number of hydrogen-bond donors (Lipinski definition) is 1. The summed E-state index contributed by atoms with van der Waals surface area (Å²) in [5, 5.41) is 21.9. The summed E-state index contributed by atoms with van der Waals surface area (Å²) in [5.74, 6) is 0. The van der Waals surface area contributed by atoms with Crippen LogP contribution in [0.1, 0.15) is 52.4 Å². The number of nitrogens with zero attached hydrogens (tertiary/aromatic N) is 1. The lowest BCUT2D eigenvalue weighted by Crippen LogP contribution is -2.67. The Labute approximate surface area is 95.2 Å². The largest absolute Gasteiger partial charge is 0.390 e. The molecule has 4 heteroatoms. The molecular formula is C12H19NO3. The second kappa shape index (κ2) is 2.45. The predicted octanol–water partition coefficient (Wildman–Crippen LogP) is 2.13. The van der Waals surface area contributed by atoms with Gasteiger partial charge in [-0.15, -0.1) is 0 Å². The monoisotopic (exact) mass is 225 g/mol. The van der Waals surface area contributed by atoms with Gasteiger partial charge >= 0.3 is 0 Å². The average molecular weight is 225 g/mol. The standard InChI is InChI=1S/C12H19NO3/c1-9-3-10(2)5-11(4-9,13(15)16)8-12(14,6-9)7-10/h14H,3-8H2,1-2H3/t9-,10+,11?,12?. The van der Waals surface area contributed by atoms with E-state index in [0.717, 1.165) is 19.3 Å². The number of hydrogen-bond acceptors (Lipinski definition) is 3. The molecule has 4 aliphatic carbocycles. The van der Waals surface area contributed by atoms with E-state index in [1.165, 1.54) is 0 Å². The van der Waals surface area contributed by atoms with Gasteiger partial charge in [0.25, 0.3) is 0 Å². The molecule has 4 aliphatic rings. The highest BCUT2D eigenvalue weighted by Gasteiger charge is 2.70. The van der Waals surface area contributed by atoms with E-state index in [0.29, 0.717) is 19.3 Å². The van der Waals surface area contributed by atoms with Crippen molar-refractivity contribution in [3.05, 3.63) is 10.1 Å². The summed E-state index contributed by atoms with van der Waals surface area (Å²) in [6.45, 7) is 4.23. The topological polar surface area (TPSA) is 63.4 Å². The molecule has 0 saturated heterocycles. The Hall–Kier alpha value is -0.640. The van der Waals surface area contributed by atoms with Gasteiger partial charge in [-0.2, -0.15) is 0 Å². The molecular weight excluding hydrogens is 206 g/mol. The molecule has 4 nitrogen and oxygen atoms in total. The third-order valence-corrected chi connectivity index (χ3v) is 4.92. The van der Waals surface area contributed by atoms with E-state index in [-0.39, 0.29) is 15.8 Å². The highest BCUT2D eigenvalue weighted by Crippen LogP contribution is 2.68. The third kappa shape index (κ3) is 1.19. The second-order valence-corrected chi connectivity index (χ2v) is 7.39. The van der Waals surface area contributed by atoms with Gasteiger partial charge in [0.15, 0.2) is 0 Å². The Morgan fingerprint density at radius 3 is 1.88 bits per heavy atom. The van der Waals surface area contributed by atoms with Crippen molar-refractivity contribution in [2.75, 3.05) is 0 Å². The summed E-state index contributed by atoms with van der Waals surface area (Å²) in [7, 11) is 0. The van der Waals surface area contributed by atoms with Gasteiger partial charge in [0.05, 0.1) is 5.60 Å². The zero-order valence-electron chi connectivity index (χ0n) is 9.95. The molecule has 16 heavy (non-hydrogen) atoms. The van der Waals surface area contributed by atoms with Crippen LogP contribution in [0.5, 0.6) is 0 Å². The minimum absolute atomic E-state index is 0.0225. The van der Waals surface area contributed by atoms with E-state index >= 15 is 0 Å². The van der Waals surface area contributed by atoms with Gasteiger partial charge in [-0.3, -0.25) is 10.1 Å². The summed E-state index contributed by atoms with van der Waals surface area (Å²) in [5.41, 5.74) is -1.66. The zero-order chi connectivity index (χ0) is 11.8. The average Bonchev–Trinajstić information content (AvgIpc) is 1.92. The molecule has 0 heterocycles. The molecule has 0 aromatic rings. The maximum atomic E-state index is 11.4. The van der Waals surface area contributed by atoms with Crippen LogP contribution < -0.4 is 0 Å². The quantitative estimate of drug-likeness (QED) is 0.549. The highest BCUT2D eigenvalue weighted by molar-refractivity contribution is 5.16. The molecule has 4 atom stereocenters.